The van der Waals surface area contributed by atoms with Crippen LogP contribution in [0, 0.1) is 5.92 Å². The predicted octanol–water partition coefficient (Wildman–Crippen LogP) is 4.24. The largest absolute Gasteiger partial charge is 0.310 e. The number of nitrogens with one attached hydrogen (secondary N) is 1. The fourth-order valence-corrected chi connectivity index (χ4v) is 4.11. The lowest BCUT2D eigenvalue weighted by atomic mass is 9.99. The Morgan fingerprint density at radius 1 is 1.21 bits per heavy atom. The number of benzene rings is 2. The Bertz CT molecular complexity index is 540. The topological polar surface area (TPSA) is 12.0 Å². The van der Waals surface area contributed by atoms with Crippen LogP contribution in [-0.4, -0.2) is 18.1 Å². The molecule has 1 fully saturated rings. The zero-order valence-electron chi connectivity index (χ0n) is 11.4. The van der Waals surface area contributed by atoms with E-state index in [2.05, 4.69) is 66.5 Å². The van der Waals surface area contributed by atoms with Crippen LogP contribution in [0.25, 0.3) is 10.8 Å². The Morgan fingerprint density at radius 2 is 2.05 bits per heavy atom. The van der Waals surface area contributed by atoms with Gasteiger partial charge in [0.05, 0.1) is 0 Å². The van der Waals surface area contributed by atoms with E-state index in [0.717, 1.165) is 12.5 Å². The van der Waals surface area contributed by atoms with Gasteiger partial charge >= 0.3 is 0 Å². The summed E-state index contributed by atoms with van der Waals surface area (Å²) < 4.78 is 0. The van der Waals surface area contributed by atoms with E-state index >= 15 is 0 Å². The minimum Gasteiger partial charge on any atom is -0.310 e. The van der Waals surface area contributed by atoms with Crippen molar-refractivity contribution in [2.24, 2.45) is 5.92 Å². The minimum absolute atomic E-state index is 0.428. The van der Waals surface area contributed by atoms with Crippen LogP contribution in [-0.2, 0) is 0 Å². The van der Waals surface area contributed by atoms with E-state index in [4.69, 9.17) is 0 Å². The quantitative estimate of drug-likeness (QED) is 0.892. The van der Waals surface area contributed by atoms with Crippen LogP contribution >= 0.6 is 11.8 Å². The molecular formula is C17H21NS. The minimum atomic E-state index is 0.428. The average molecular weight is 271 g/mol. The molecule has 19 heavy (non-hydrogen) atoms. The molecule has 1 aliphatic heterocycles. The molecule has 1 N–H and O–H groups in total. The maximum Gasteiger partial charge on any atom is 0.0298 e. The number of hydrogen-bond donors (Lipinski definition) is 1. The van der Waals surface area contributed by atoms with Gasteiger partial charge in [-0.05, 0) is 53.6 Å². The summed E-state index contributed by atoms with van der Waals surface area (Å²) in [5.74, 6) is 3.53. The summed E-state index contributed by atoms with van der Waals surface area (Å²) in [7, 11) is 0. The van der Waals surface area contributed by atoms with Crippen molar-refractivity contribution in [2.75, 3.05) is 18.1 Å². The SMILES string of the molecule is CC(NCC1CCSC1)c1cccc2ccccc12. The highest BCUT2D eigenvalue weighted by Gasteiger charge is 2.16. The van der Waals surface area contributed by atoms with Crippen molar-refractivity contribution in [3.63, 3.8) is 0 Å². The van der Waals surface area contributed by atoms with Crippen molar-refractivity contribution in [1.82, 2.24) is 5.32 Å². The molecule has 1 saturated heterocycles. The highest BCUT2D eigenvalue weighted by Crippen LogP contribution is 2.26. The Labute approximate surface area is 119 Å². The first-order valence-electron chi connectivity index (χ1n) is 7.13. The van der Waals surface area contributed by atoms with Crippen LogP contribution < -0.4 is 5.32 Å². The summed E-state index contributed by atoms with van der Waals surface area (Å²) in [6, 6.07) is 15.7. The molecule has 100 valence electrons. The van der Waals surface area contributed by atoms with Gasteiger partial charge in [0.15, 0.2) is 0 Å². The predicted molar refractivity (Wildman–Crippen MR) is 85.8 cm³/mol. The normalized spacial score (nSPS) is 20.8. The molecule has 0 radical (unpaired) electrons. The first-order chi connectivity index (χ1) is 9.34. The van der Waals surface area contributed by atoms with E-state index < -0.39 is 0 Å². The van der Waals surface area contributed by atoms with Gasteiger partial charge < -0.3 is 5.32 Å². The molecule has 2 aromatic carbocycles. The van der Waals surface area contributed by atoms with Crippen molar-refractivity contribution < 1.29 is 0 Å². The van der Waals surface area contributed by atoms with E-state index in [1.54, 1.807) is 0 Å². The average Bonchev–Trinajstić information content (AvgIpc) is 2.97. The molecule has 1 aliphatic rings. The maximum atomic E-state index is 3.72. The summed E-state index contributed by atoms with van der Waals surface area (Å²) in [6.07, 6.45) is 1.37. The first kappa shape index (κ1) is 13.0. The fourth-order valence-electron chi connectivity index (χ4n) is 2.83. The van der Waals surface area contributed by atoms with Gasteiger partial charge in [0.1, 0.15) is 0 Å². The van der Waals surface area contributed by atoms with Crippen LogP contribution in [0.4, 0.5) is 0 Å². The Kier molecular flexibility index (Phi) is 4.09. The van der Waals surface area contributed by atoms with Crippen LogP contribution in [0.1, 0.15) is 24.9 Å². The fraction of sp³-hybridized carbons (Fsp3) is 0.412. The van der Waals surface area contributed by atoms with Crippen molar-refractivity contribution in [3.05, 3.63) is 48.0 Å². The summed E-state index contributed by atoms with van der Waals surface area (Å²) >= 11 is 2.09. The lowest BCUT2D eigenvalue weighted by molar-refractivity contribution is 0.479. The Balaban J connectivity index is 1.75. The molecule has 2 heteroatoms. The van der Waals surface area contributed by atoms with E-state index in [1.807, 2.05) is 0 Å². The Morgan fingerprint density at radius 3 is 2.89 bits per heavy atom. The van der Waals surface area contributed by atoms with Gasteiger partial charge in [-0.25, -0.2) is 0 Å². The first-order valence-corrected chi connectivity index (χ1v) is 8.29. The van der Waals surface area contributed by atoms with Crippen molar-refractivity contribution in [3.8, 4) is 0 Å². The summed E-state index contributed by atoms with van der Waals surface area (Å²) in [5.41, 5.74) is 1.42. The number of fused-ring (bicyclic) bond motifs is 1. The number of rotatable bonds is 4. The molecule has 0 aromatic heterocycles. The molecule has 0 aliphatic carbocycles. The summed E-state index contributed by atoms with van der Waals surface area (Å²) in [5, 5.41) is 6.44. The second-order valence-electron chi connectivity index (χ2n) is 5.43. The second kappa shape index (κ2) is 5.98. The van der Waals surface area contributed by atoms with Gasteiger partial charge in [-0.15, -0.1) is 0 Å². The maximum absolute atomic E-state index is 3.72. The van der Waals surface area contributed by atoms with Crippen LogP contribution in [0.5, 0.6) is 0 Å². The van der Waals surface area contributed by atoms with E-state index in [1.165, 1.54) is 34.3 Å². The van der Waals surface area contributed by atoms with Crippen molar-refractivity contribution in [1.29, 1.82) is 0 Å². The third-order valence-electron chi connectivity index (χ3n) is 4.03. The molecule has 2 aromatic rings. The smallest absolute Gasteiger partial charge is 0.0298 e. The van der Waals surface area contributed by atoms with E-state index in [0.29, 0.717) is 6.04 Å². The van der Waals surface area contributed by atoms with Gasteiger partial charge in [0.25, 0.3) is 0 Å². The zero-order chi connectivity index (χ0) is 13.1. The molecule has 3 rings (SSSR count). The third kappa shape index (κ3) is 2.96. The highest BCUT2D eigenvalue weighted by atomic mass is 32.2. The molecular weight excluding hydrogens is 250 g/mol. The van der Waals surface area contributed by atoms with Crippen LogP contribution in [0.2, 0.25) is 0 Å². The molecule has 0 amide bonds. The second-order valence-corrected chi connectivity index (χ2v) is 6.58. The third-order valence-corrected chi connectivity index (χ3v) is 5.26. The van der Waals surface area contributed by atoms with Gasteiger partial charge in [0, 0.05) is 6.04 Å². The Hall–Kier alpha value is -0.990. The summed E-state index contributed by atoms with van der Waals surface area (Å²) in [6.45, 7) is 3.43. The monoisotopic (exact) mass is 271 g/mol. The molecule has 1 heterocycles. The van der Waals surface area contributed by atoms with Crippen molar-refractivity contribution >= 4 is 22.5 Å². The molecule has 0 bridgehead atoms. The van der Waals surface area contributed by atoms with Gasteiger partial charge in [0.2, 0.25) is 0 Å². The highest BCUT2D eigenvalue weighted by molar-refractivity contribution is 7.99. The van der Waals surface area contributed by atoms with E-state index in [9.17, 15) is 0 Å². The van der Waals surface area contributed by atoms with Crippen molar-refractivity contribution in [2.45, 2.75) is 19.4 Å². The number of thioether (sulfide) groups is 1. The molecule has 1 nitrogen and oxygen atoms in total. The van der Waals surface area contributed by atoms with Crippen LogP contribution in [0.3, 0.4) is 0 Å². The van der Waals surface area contributed by atoms with Gasteiger partial charge in [-0.3, -0.25) is 0 Å². The number of hydrogen-bond acceptors (Lipinski definition) is 2. The van der Waals surface area contributed by atoms with Gasteiger partial charge in [-0.1, -0.05) is 42.5 Å². The molecule has 0 saturated carbocycles. The van der Waals surface area contributed by atoms with Gasteiger partial charge in [-0.2, -0.15) is 11.8 Å². The standard InChI is InChI=1S/C17H21NS/c1-13(18-11-14-9-10-19-12-14)16-8-4-6-15-5-2-3-7-17(15)16/h2-8,13-14,18H,9-12H2,1H3. The zero-order valence-corrected chi connectivity index (χ0v) is 12.2. The van der Waals surface area contributed by atoms with E-state index in [-0.39, 0.29) is 0 Å². The lowest BCUT2D eigenvalue weighted by Gasteiger charge is -2.19. The lowest BCUT2D eigenvalue weighted by Crippen LogP contribution is -2.25. The molecule has 0 spiro atoms. The summed E-state index contributed by atoms with van der Waals surface area (Å²) in [4.78, 5) is 0. The molecule has 2 unspecified atom stereocenters. The molecule has 2 atom stereocenters. The van der Waals surface area contributed by atoms with Crippen LogP contribution in [0.15, 0.2) is 42.5 Å².